The van der Waals surface area contributed by atoms with E-state index < -0.39 is 10.0 Å². The first-order valence-corrected chi connectivity index (χ1v) is 6.76. The Labute approximate surface area is 103 Å². The van der Waals surface area contributed by atoms with Crippen molar-refractivity contribution in [3.63, 3.8) is 0 Å². The average molecular weight is 258 g/mol. The van der Waals surface area contributed by atoms with Gasteiger partial charge in [0.1, 0.15) is 4.90 Å². The number of benzene rings is 1. The lowest BCUT2D eigenvalue weighted by Gasteiger charge is -2.14. The number of thiol groups is 1. The van der Waals surface area contributed by atoms with Gasteiger partial charge in [-0.25, -0.2) is 0 Å². The van der Waals surface area contributed by atoms with Crippen molar-refractivity contribution in [3.8, 4) is 0 Å². The average Bonchev–Trinajstić information content (AvgIpc) is 2.23. The molecule has 0 bridgehead atoms. The van der Waals surface area contributed by atoms with Crippen LogP contribution >= 0.6 is 12.8 Å². The summed E-state index contributed by atoms with van der Waals surface area (Å²) in [5, 5.41) is 0. The second-order valence-corrected chi connectivity index (χ2v) is 6.02. The Hall–Kier alpha value is -0.520. The summed E-state index contributed by atoms with van der Waals surface area (Å²) in [7, 11) is -3.63. The molecule has 0 amide bonds. The monoisotopic (exact) mass is 258 g/mol. The smallest absolute Gasteiger partial charge is 0.156 e. The van der Waals surface area contributed by atoms with E-state index in [9.17, 15) is 8.42 Å². The largest absolute Gasteiger partial charge is 0.443 e. The third kappa shape index (κ3) is 1.99. The van der Waals surface area contributed by atoms with Gasteiger partial charge in [0.25, 0.3) is 4.13 Å². The molecule has 1 rings (SSSR count). The summed E-state index contributed by atoms with van der Waals surface area (Å²) in [6, 6.07) is 0. The van der Waals surface area contributed by atoms with E-state index in [1.165, 1.54) is 0 Å². The minimum absolute atomic E-state index is 0.295. The summed E-state index contributed by atoms with van der Waals surface area (Å²) >= 11 is 3.54. The zero-order valence-electron chi connectivity index (χ0n) is 10.1. The summed E-state index contributed by atoms with van der Waals surface area (Å²) in [5.74, 6) is 0. The van der Waals surface area contributed by atoms with Gasteiger partial charge >= 0.3 is 10.0 Å². The highest BCUT2D eigenvalue weighted by atomic mass is 32.3. The molecule has 0 aliphatic rings. The Morgan fingerprint density at radius 2 is 1.12 bits per heavy atom. The topological polar surface area (TPSA) is 48.2 Å². The summed E-state index contributed by atoms with van der Waals surface area (Å²) in [6.07, 6.45) is 0. The third-order valence-corrected chi connectivity index (χ3v) is 5.28. The molecular weight excluding hydrogens is 242 g/mol. The van der Waals surface area contributed by atoms with Crippen LogP contribution in [0.2, 0.25) is 0 Å². The van der Waals surface area contributed by atoms with Gasteiger partial charge in [-0.05, 0) is 62.4 Å². The standard InChI is InChI=1S/C11H16NO2S2/c1-6-7(2)9(4)11(10(5)8(6)3)16(13,14)12-15/h15H,1-5H3/q+1. The van der Waals surface area contributed by atoms with Gasteiger partial charge < -0.3 is 0 Å². The molecule has 0 atom stereocenters. The van der Waals surface area contributed by atoms with Crippen molar-refractivity contribution in [2.45, 2.75) is 39.5 Å². The van der Waals surface area contributed by atoms with Crippen LogP contribution in [0.1, 0.15) is 27.8 Å². The lowest BCUT2D eigenvalue weighted by molar-refractivity contribution is 0.592. The van der Waals surface area contributed by atoms with Crippen molar-refractivity contribution in [3.05, 3.63) is 27.8 Å². The Morgan fingerprint density at radius 1 is 0.812 bits per heavy atom. The third-order valence-electron chi connectivity index (χ3n) is 3.30. The SMILES string of the molecule is Cc1c(C)c(C)c(S(=O)(=O)[N+]S)c(C)c1C. The van der Waals surface area contributed by atoms with Crippen LogP contribution < -0.4 is 4.13 Å². The van der Waals surface area contributed by atoms with Crippen LogP contribution in [0.5, 0.6) is 0 Å². The van der Waals surface area contributed by atoms with Crippen LogP contribution in [0.3, 0.4) is 0 Å². The van der Waals surface area contributed by atoms with Gasteiger partial charge in [0, 0.05) is 0 Å². The lowest BCUT2D eigenvalue weighted by atomic mass is 9.95. The molecule has 0 heterocycles. The molecule has 0 fully saturated rings. The highest BCUT2D eigenvalue weighted by molar-refractivity contribution is 8.00. The lowest BCUT2D eigenvalue weighted by Crippen LogP contribution is -2.14. The minimum Gasteiger partial charge on any atom is -0.156 e. The Bertz CT molecular complexity index is 504. The van der Waals surface area contributed by atoms with E-state index >= 15 is 0 Å². The molecule has 0 saturated carbocycles. The fourth-order valence-electron chi connectivity index (χ4n) is 1.89. The fraction of sp³-hybridized carbons (Fsp3) is 0.455. The maximum Gasteiger partial charge on any atom is 0.443 e. The van der Waals surface area contributed by atoms with Crippen LogP contribution in [-0.2, 0) is 10.0 Å². The van der Waals surface area contributed by atoms with E-state index in [-0.39, 0.29) is 0 Å². The Kier molecular flexibility index (Phi) is 3.72. The van der Waals surface area contributed by atoms with Crippen LogP contribution in [0.15, 0.2) is 4.90 Å². The zero-order chi connectivity index (χ0) is 12.7. The zero-order valence-corrected chi connectivity index (χ0v) is 11.8. The van der Waals surface area contributed by atoms with Gasteiger partial charge in [-0.3, -0.25) is 0 Å². The molecule has 16 heavy (non-hydrogen) atoms. The fourth-order valence-corrected chi connectivity index (χ4v) is 3.30. The van der Waals surface area contributed by atoms with E-state index in [0.29, 0.717) is 4.90 Å². The molecule has 5 heteroatoms. The van der Waals surface area contributed by atoms with Crippen LogP contribution in [-0.4, -0.2) is 8.42 Å². The van der Waals surface area contributed by atoms with E-state index in [2.05, 4.69) is 16.9 Å². The van der Waals surface area contributed by atoms with Gasteiger partial charge in [-0.2, -0.15) is 8.42 Å². The molecule has 0 saturated heterocycles. The van der Waals surface area contributed by atoms with Gasteiger partial charge in [0.2, 0.25) is 12.8 Å². The molecule has 1 aromatic carbocycles. The van der Waals surface area contributed by atoms with Crippen molar-refractivity contribution >= 4 is 22.8 Å². The summed E-state index contributed by atoms with van der Waals surface area (Å²) < 4.78 is 26.8. The summed E-state index contributed by atoms with van der Waals surface area (Å²) in [5.41, 5.74) is 4.65. The van der Waals surface area contributed by atoms with Crippen molar-refractivity contribution in [2.75, 3.05) is 0 Å². The van der Waals surface area contributed by atoms with Crippen LogP contribution in [0, 0.1) is 34.6 Å². The first-order valence-electron chi connectivity index (χ1n) is 4.92. The van der Waals surface area contributed by atoms with Crippen molar-refractivity contribution in [1.29, 1.82) is 0 Å². The molecule has 0 unspecified atom stereocenters. The molecule has 3 nitrogen and oxygen atoms in total. The predicted octanol–water partition coefficient (Wildman–Crippen LogP) is 2.37. The molecule has 0 aliphatic carbocycles. The first kappa shape index (κ1) is 13.5. The second kappa shape index (κ2) is 4.39. The van der Waals surface area contributed by atoms with E-state index in [4.69, 9.17) is 0 Å². The van der Waals surface area contributed by atoms with Gasteiger partial charge in [0.05, 0.1) is 0 Å². The predicted molar refractivity (Wildman–Crippen MR) is 68.4 cm³/mol. The second-order valence-electron chi connectivity index (χ2n) is 4.01. The highest BCUT2D eigenvalue weighted by Gasteiger charge is 2.32. The normalized spacial score (nSPS) is 11.9. The van der Waals surface area contributed by atoms with E-state index in [1.54, 1.807) is 13.8 Å². The van der Waals surface area contributed by atoms with Crippen LogP contribution in [0.4, 0.5) is 0 Å². The van der Waals surface area contributed by atoms with Crippen LogP contribution in [0.25, 0.3) is 0 Å². The molecular formula is C11H16NO2S2+. The first-order chi connectivity index (χ1) is 7.24. The summed E-state index contributed by atoms with van der Waals surface area (Å²) in [6.45, 7) is 9.46. The van der Waals surface area contributed by atoms with Gasteiger partial charge in [0.15, 0.2) is 0 Å². The molecule has 88 valence electrons. The van der Waals surface area contributed by atoms with E-state index in [1.807, 2.05) is 20.8 Å². The molecule has 1 aromatic rings. The van der Waals surface area contributed by atoms with Crippen molar-refractivity contribution in [2.24, 2.45) is 0 Å². The number of hydrogen-bond donors (Lipinski definition) is 1. The van der Waals surface area contributed by atoms with E-state index in [0.717, 1.165) is 27.8 Å². The van der Waals surface area contributed by atoms with Gasteiger partial charge in [-0.15, -0.1) is 0 Å². The quantitative estimate of drug-likeness (QED) is 0.828. The Morgan fingerprint density at radius 3 is 1.44 bits per heavy atom. The molecule has 0 spiro atoms. The van der Waals surface area contributed by atoms with Crippen molar-refractivity contribution in [1.82, 2.24) is 4.13 Å². The molecule has 0 aromatic heterocycles. The number of nitrogens with zero attached hydrogens (tertiary/aromatic N) is 1. The number of sulfonamides is 1. The number of rotatable bonds is 2. The highest BCUT2D eigenvalue weighted by Crippen LogP contribution is 2.29. The maximum absolute atomic E-state index is 11.8. The Balaban J connectivity index is 3.79. The molecule has 0 N–H and O–H groups in total. The summed E-state index contributed by atoms with van der Waals surface area (Å²) in [4.78, 5) is 0.295. The molecule has 0 aliphatic heterocycles. The minimum atomic E-state index is -3.63. The maximum atomic E-state index is 11.8. The number of hydrogen-bond acceptors (Lipinski definition) is 3. The van der Waals surface area contributed by atoms with Gasteiger partial charge in [-0.1, -0.05) is 0 Å². The van der Waals surface area contributed by atoms with Crippen molar-refractivity contribution < 1.29 is 8.42 Å². The molecule has 2 radical (unpaired) electrons.